The van der Waals surface area contributed by atoms with E-state index in [2.05, 4.69) is 22.4 Å². The molecule has 0 aliphatic carbocycles. The van der Waals surface area contributed by atoms with Crippen LogP contribution in [0.15, 0.2) is 30.3 Å². The lowest BCUT2D eigenvalue weighted by Gasteiger charge is -2.24. The number of fused-ring (bicyclic) bond motifs is 1. The van der Waals surface area contributed by atoms with Gasteiger partial charge in [0, 0.05) is 11.1 Å². The lowest BCUT2D eigenvalue weighted by molar-refractivity contribution is 0.164. The SMILES string of the molecule is Cc1ccc2cccc(OC3CCNCC3)c2n1. The van der Waals surface area contributed by atoms with Crippen LogP contribution < -0.4 is 10.1 Å². The van der Waals surface area contributed by atoms with Gasteiger partial charge in [-0.15, -0.1) is 0 Å². The van der Waals surface area contributed by atoms with Crippen molar-refractivity contribution in [2.45, 2.75) is 25.9 Å². The number of aromatic nitrogens is 1. The Morgan fingerprint density at radius 2 is 2.00 bits per heavy atom. The first-order valence-electron chi connectivity index (χ1n) is 6.57. The minimum Gasteiger partial charge on any atom is -0.488 e. The van der Waals surface area contributed by atoms with Crippen LogP contribution in [-0.4, -0.2) is 24.2 Å². The molecule has 0 bridgehead atoms. The summed E-state index contributed by atoms with van der Waals surface area (Å²) in [6.07, 6.45) is 2.46. The first kappa shape index (κ1) is 11.5. The van der Waals surface area contributed by atoms with Crippen LogP contribution in [0.25, 0.3) is 10.9 Å². The molecule has 0 spiro atoms. The van der Waals surface area contributed by atoms with Gasteiger partial charge in [-0.05, 0) is 45.0 Å². The fourth-order valence-corrected chi connectivity index (χ4v) is 2.41. The molecular weight excluding hydrogens is 224 g/mol. The minimum absolute atomic E-state index is 0.319. The molecule has 0 amide bonds. The van der Waals surface area contributed by atoms with Gasteiger partial charge < -0.3 is 10.1 Å². The van der Waals surface area contributed by atoms with E-state index in [1.165, 1.54) is 0 Å². The number of nitrogens with one attached hydrogen (secondary N) is 1. The van der Waals surface area contributed by atoms with E-state index in [9.17, 15) is 0 Å². The normalized spacial score (nSPS) is 16.9. The van der Waals surface area contributed by atoms with Crippen molar-refractivity contribution in [1.82, 2.24) is 10.3 Å². The lowest BCUT2D eigenvalue weighted by atomic mass is 10.1. The summed E-state index contributed by atoms with van der Waals surface area (Å²) in [6, 6.07) is 10.3. The highest BCUT2D eigenvalue weighted by atomic mass is 16.5. The van der Waals surface area contributed by atoms with Crippen molar-refractivity contribution < 1.29 is 4.74 Å². The van der Waals surface area contributed by atoms with Crippen molar-refractivity contribution >= 4 is 10.9 Å². The molecule has 0 saturated carbocycles. The Bertz CT molecular complexity index is 547. The number of nitrogens with zero attached hydrogens (tertiary/aromatic N) is 1. The Balaban J connectivity index is 1.92. The third kappa shape index (κ3) is 2.31. The fourth-order valence-electron chi connectivity index (χ4n) is 2.41. The molecule has 1 saturated heterocycles. The predicted molar refractivity (Wildman–Crippen MR) is 73.0 cm³/mol. The average Bonchev–Trinajstić information content (AvgIpc) is 2.41. The number of ether oxygens (including phenoxy) is 1. The highest BCUT2D eigenvalue weighted by Gasteiger charge is 2.15. The van der Waals surface area contributed by atoms with Crippen molar-refractivity contribution in [3.63, 3.8) is 0 Å². The maximum absolute atomic E-state index is 6.12. The van der Waals surface area contributed by atoms with Gasteiger partial charge in [0.05, 0.1) is 0 Å². The number of hydrogen-bond acceptors (Lipinski definition) is 3. The second kappa shape index (κ2) is 4.94. The number of benzene rings is 1. The third-order valence-corrected chi connectivity index (χ3v) is 3.40. The number of pyridine rings is 1. The van der Waals surface area contributed by atoms with Crippen LogP contribution in [0.4, 0.5) is 0 Å². The number of hydrogen-bond donors (Lipinski definition) is 1. The molecule has 3 rings (SSSR count). The van der Waals surface area contributed by atoms with Crippen molar-refractivity contribution in [2.75, 3.05) is 13.1 Å². The third-order valence-electron chi connectivity index (χ3n) is 3.40. The number of piperidine rings is 1. The van der Waals surface area contributed by atoms with Gasteiger partial charge in [0.2, 0.25) is 0 Å². The highest BCUT2D eigenvalue weighted by Crippen LogP contribution is 2.26. The Morgan fingerprint density at radius 1 is 1.17 bits per heavy atom. The van der Waals surface area contributed by atoms with Crippen LogP contribution in [-0.2, 0) is 0 Å². The average molecular weight is 242 g/mol. The Hall–Kier alpha value is -1.61. The molecule has 1 aromatic carbocycles. The summed E-state index contributed by atoms with van der Waals surface area (Å²) in [5.41, 5.74) is 2.01. The molecule has 1 fully saturated rings. The zero-order valence-electron chi connectivity index (χ0n) is 10.6. The first-order valence-corrected chi connectivity index (χ1v) is 6.57. The van der Waals surface area contributed by atoms with Gasteiger partial charge in [0.1, 0.15) is 17.4 Å². The molecule has 1 N–H and O–H groups in total. The largest absolute Gasteiger partial charge is 0.488 e. The lowest BCUT2D eigenvalue weighted by Crippen LogP contribution is -2.34. The Kier molecular flexibility index (Phi) is 3.15. The van der Waals surface area contributed by atoms with Crippen molar-refractivity contribution in [1.29, 1.82) is 0 Å². The Labute approximate surface area is 107 Å². The van der Waals surface area contributed by atoms with Crippen molar-refractivity contribution in [3.8, 4) is 5.75 Å². The second-order valence-corrected chi connectivity index (χ2v) is 4.85. The summed E-state index contributed by atoms with van der Waals surface area (Å²) in [5.74, 6) is 0.920. The molecule has 18 heavy (non-hydrogen) atoms. The molecule has 1 aliphatic rings. The van der Waals surface area contributed by atoms with Gasteiger partial charge in [-0.2, -0.15) is 0 Å². The Morgan fingerprint density at radius 3 is 2.83 bits per heavy atom. The highest BCUT2D eigenvalue weighted by molar-refractivity contribution is 5.84. The number of para-hydroxylation sites is 1. The fraction of sp³-hybridized carbons (Fsp3) is 0.400. The first-order chi connectivity index (χ1) is 8.83. The maximum atomic E-state index is 6.12. The smallest absolute Gasteiger partial charge is 0.145 e. The van der Waals surface area contributed by atoms with Crippen LogP contribution >= 0.6 is 0 Å². The van der Waals surface area contributed by atoms with Crippen LogP contribution in [0.1, 0.15) is 18.5 Å². The summed E-state index contributed by atoms with van der Waals surface area (Å²) in [4.78, 5) is 4.60. The van der Waals surface area contributed by atoms with Gasteiger partial charge >= 0.3 is 0 Å². The molecule has 1 aliphatic heterocycles. The van der Waals surface area contributed by atoms with Crippen LogP contribution in [0.2, 0.25) is 0 Å². The molecule has 3 nitrogen and oxygen atoms in total. The van der Waals surface area contributed by atoms with E-state index in [1.807, 2.05) is 25.1 Å². The number of aryl methyl sites for hydroxylation is 1. The summed E-state index contributed by atoms with van der Waals surface area (Å²) in [6.45, 7) is 4.10. The maximum Gasteiger partial charge on any atom is 0.145 e. The van der Waals surface area contributed by atoms with Gasteiger partial charge in [0.15, 0.2) is 0 Å². The monoisotopic (exact) mass is 242 g/mol. The molecule has 2 heterocycles. The van der Waals surface area contributed by atoms with Crippen molar-refractivity contribution in [3.05, 3.63) is 36.0 Å². The summed E-state index contributed by atoms with van der Waals surface area (Å²) >= 11 is 0. The molecule has 0 unspecified atom stereocenters. The number of rotatable bonds is 2. The molecular formula is C15H18N2O. The van der Waals surface area contributed by atoms with Gasteiger partial charge in [-0.3, -0.25) is 0 Å². The van der Waals surface area contributed by atoms with Gasteiger partial charge in [0.25, 0.3) is 0 Å². The molecule has 0 radical (unpaired) electrons. The molecule has 3 heteroatoms. The van der Waals surface area contributed by atoms with Gasteiger partial charge in [-0.25, -0.2) is 4.98 Å². The van der Waals surface area contributed by atoms with Crippen molar-refractivity contribution in [2.24, 2.45) is 0 Å². The van der Waals surface area contributed by atoms with Crippen LogP contribution in [0.5, 0.6) is 5.75 Å². The van der Waals surface area contributed by atoms with Crippen LogP contribution in [0.3, 0.4) is 0 Å². The van der Waals surface area contributed by atoms with E-state index in [-0.39, 0.29) is 0 Å². The van der Waals surface area contributed by atoms with Gasteiger partial charge in [-0.1, -0.05) is 18.2 Å². The summed E-state index contributed by atoms with van der Waals surface area (Å²) in [5, 5.41) is 4.50. The second-order valence-electron chi connectivity index (χ2n) is 4.85. The topological polar surface area (TPSA) is 34.1 Å². The summed E-state index contributed by atoms with van der Waals surface area (Å²) in [7, 11) is 0. The van der Waals surface area contributed by atoms with E-state index in [0.29, 0.717) is 6.10 Å². The van der Waals surface area contributed by atoms with E-state index in [0.717, 1.165) is 48.3 Å². The standard InChI is InChI=1S/C15H18N2O/c1-11-5-6-12-3-2-4-14(15(12)17-11)18-13-7-9-16-10-8-13/h2-6,13,16H,7-10H2,1H3. The molecule has 1 aromatic heterocycles. The zero-order valence-corrected chi connectivity index (χ0v) is 10.6. The van der Waals surface area contributed by atoms with Crippen LogP contribution in [0, 0.1) is 6.92 Å². The van der Waals surface area contributed by atoms with E-state index < -0.39 is 0 Å². The molecule has 94 valence electrons. The molecule has 0 atom stereocenters. The van der Waals surface area contributed by atoms with E-state index >= 15 is 0 Å². The predicted octanol–water partition coefficient (Wildman–Crippen LogP) is 2.67. The molecule has 2 aromatic rings. The van der Waals surface area contributed by atoms with E-state index in [4.69, 9.17) is 4.74 Å². The zero-order chi connectivity index (χ0) is 12.4. The minimum atomic E-state index is 0.319. The quantitative estimate of drug-likeness (QED) is 0.879. The van der Waals surface area contributed by atoms with E-state index in [1.54, 1.807) is 0 Å². The summed E-state index contributed by atoms with van der Waals surface area (Å²) < 4.78 is 6.12.